The van der Waals surface area contributed by atoms with Crippen LogP contribution in [-0.2, 0) is 4.79 Å². The number of carboxylic acids is 1. The largest absolute Gasteiger partial charge is 0.472 e. The summed E-state index contributed by atoms with van der Waals surface area (Å²) in [4.78, 5) is 14.0. The van der Waals surface area contributed by atoms with Crippen LogP contribution in [0.15, 0.2) is 0 Å². The van der Waals surface area contributed by atoms with E-state index in [1.54, 1.807) is 0 Å². The molecule has 0 fully saturated rings. The molecule has 2 atom stereocenters. The van der Waals surface area contributed by atoms with Gasteiger partial charge in [-0.2, -0.15) is 0 Å². The Labute approximate surface area is 148 Å². The third-order valence-electron chi connectivity index (χ3n) is 5.47. The molecule has 1 rings (SSSR count). The quantitative estimate of drug-likeness (QED) is 0.511. The fourth-order valence-electron chi connectivity index (χ4n) is 3.74. The van der Waals surface area contributed by atoms with Crippen LogP contribution < -0.4 is 0 Å². The zero-order chi connectivity index (χ0) is 17.9. The number of aliphatic carboxylic acids is 1. The monoisotopic (exact) mass is 339 g/mol. The zero-order valence-electron chi connectivity index (χ0n) is 16.4. The van der Waals surface area contributed by atoms with Crippen molar-refractivity contribution in [1.29, 1.82) is 0 Å². The Bertz CT molecular complexity index is 406. The van der Waals surface area contributed by atoms with Gasteiger partial charge in [-0.15, -0.1) is 0 Å². The zero-order valence-corrected chi connectivity index (χ0v) is 16.4. The highest BCUT2D eigenvalue weighted by molar-refractivity contribution is 6.32. The van der Waals surface area contributed by atoms with Crippen LogP contribution in [0.4, 0.5) is 0 Å². The van der Waals surface area contributed by atoms with Gasteiger partial charge >= 0.3 is 11.8 Å². The molecule has 0 aromatic rings. The van der Waals surface area contributed by atoms with Crippen molar-refractivity contribution in [1.82, 2.24) is 4.90 Å². The molecule has 1 aliphatic rings. The molecular formula is C20H39N2O2+. The van der Waals surface area contributed by atoms with Gasteiger partial charge in [-0.05, 0) is 37.5 Å². The smallest absolute Gasteiger partial charge is 0.418 e. The highest BCUT2D eigenvalue weighted by Crippen LogP contribution is 2.18. The first-order chi connectivity index (χ1) is 11.6. The molecule has 2 unspecified atom stereocenters. The van der Waals surface area contributed by atoms with Gasteiger partial charge in [0, 0.05) is 0 Å². The van der Waals surface area contributed by atoms with Crippen molar-refractivity contribution in [3.8, 4) is 0 Å². The molecule has 0 bridgehead atoms. The molecule has 0 aromatic heterocycles. The summed E-state index contributed by atoms with van der Waals surface area (Å²) in [5.41, 5.74) is 0. The number of unbranched alkanes of at least 4 members (excludes halogenated alkanes) is 2. The van der Waals surface area contributed by atoms with Crippen molar-refractivity contribution in [3.63, 3.8) is 0 Å². The third kappa shape index (κ3) is 6.45. The van der Waals surface area contributed by atoms with Crippen LogP contribution in [0.3, 0.4) is 0 Å². The molecule has 0 aromatic carbocycles. The molecule has 0 spiro atoms. The number of rotatable bonds is 13. The lowest BCUT2D eigenvalue weighted by atomic mass is 9.98. The predicted molar refractivity (Wildman–Crippen MR) is 101 cm³/mol. The maximum Gasteiger partial charge on any atom is 0.418 e. The number of carboxylic acid groups (broad SMARTS) is 1. The lowest BCUT2D eigenvalue weighted by Gasteiger charge is -2.19. The van der Waals surface area contributed by atoms with Crippen LogP contribution in [0.1, 0.15) is 79.1 Å². The number of carbonyl (C=O) groups is 1. The second kappa shape index (κ2) is 11.5. The number of hydrogen-bond donors (Lipinski definition) is 1. The first-order valence-electron chi connectivity index (χ1n) is 10.2. The van der Waals surface area contributed by atoms with E-state index in [-0.39, 0.29) is 0 Å². The number of nitrogens with zero attached hydrogens (tertiary/aromatic N) is 2. The average molecular weight is 340 g/mol. The van der Waals surface area contributed by atoms with Crippen LogP contribution in [0, 0.1) is 11.8 Å². The van der Waals surface area contributed by atoms with Gasteiger partial charge in [0.25, 0.3) is 0 Å². The molecule has 0 saturated carbocycles. The highest BCUT2D eigenvalue weighted by Gasteiger charge is 2.37. The van der Waals surface area contributed by atoms with Gasteiger partial charge in [0.05, 0.1) is 13.1 Å². The molecular weight excluding hydrogens is 300 g/mol. The van der Waals surface area contributed by atoms with Gasteiger partial charge in [-0.1, -0.05) is 53.4 Å². The van der Waals surface area contributed by atoms with Crippen LogP contribution in [0.5, 0.6) is 0 Å². The fourth-order valence-corrected chi connectivity index (χ4v) is 3.74. The molecule has 24 heavy (non-hydrogen) atoms. The fraction of sp³-hybridized carbons (Fsp3) is 0.900. The molecule has 140 valence electrons. The van der Waals surface area contributed by atoms with Crippen LogP contribution >= 0.6 is 0 Å². The molecule has 0 saturated heterocycles. The molecule has 4 heteroatoms. The third-order valence-corrected chi connectivity index (χ3v) is 5.47. The second-order valence-corrected chi connectivity index (χ2v) is 7.35. The van der Waals surface area contributed by atoms with Crippen molar-refractivity contribution in [2.45, 2.75) is 79.1 Å². The number of amidine groups is 1. The second-order valence-electron chi connectivity index (χ2n) is 7.35. The lowest BCUT2D eigenvalue weighted by Crippen LogP contribution is -2.39. The Hall–Kier alpha value is -1.06. The van der Waals surface area contributed by atoms with Gasteiger partial charge in [0.15, 0.2) is 0 Å². The molecule has 0 amide bonds. The maximum atomic E-state index is 11.9. The van der Waals surface area contributed by atoms with E-state index in [0.717, 1.165) is 39.0 Å². The Balaban J connectivity index is 2.77. The summed E-state index contributed by atoms with van der Waals surface area (Å²) >= 11 is 0. The van der Waals surface area contributed by atoms with E-state index >= 15 is 0 Å². The molecule has 0 radical (unpaired) electrons. The minimum atomic E-state index is -0.747. The van der Waals surface area contributed by atoms with Gasteiger partial charge < -0.3 is 5.11 Å². The van der Waals surface area contributed by atoms with Crippen molar-refractivity contribution >= 4 is 11.8 Å². The first kappa shape index (κ1) is 21.0. The normalized spacial score (nSPS) is 17.4. The van der Waals surface area contributed by atoms with Crippen LogP contribution in [0.2, 0.25) is 0 Å². The Morgan fingerprint density at radius 1 is 1.08 bits per heavy atom. The number of hydrogen-bond acceptors (Lipinski definition) is 2. The van der Waals surface area contributed by atoms with Gasteiger partial charge in [-0.25, -0.2) is 4.79 Å². The molecule has 1 aliphatic heterocycles. The van der Waals surface area contributed by atoms with E-state index in [4.69, 9.17) is 0 Å². The average Bonchev–Trinajstić information content (AvgIpc) is 2.97. The minimum absolute atomic E-state index is 0.555. The summed E-state index contributed by atoms with van der Waals surface area (Å²) in [6.07, 6.45) is 9.62. The topological polar surface area (TPSA) is 43.5 Å². The van der Waals surface area contributed by atoms with Crippen molar-refractivity contribution in [2.24, 2.45) is 11.8 Å². The van der Waals surface area contributed by atoms with E-state index in [9.17, 15) is 9.90 Å². The van der Waals surface area contributed by atoms with E-state index < -0.39 is 5.97 Å². The van der Waals surface area contributed by atoms with Crippen molar-refractivity contribution < 1.29 is 14.5 Å². The Morgan fingerprint density at radius 3 is 2.17 bits per heavy atom. The maximum absolute atomic E-state index is 11.9. The Morgan fingerprint density at radius 2 is 1.67 bits per heavy atom. The molecule has 1 heterocycles. The summed E-state index contributed by atoms with van der Waals surface area (Å²) in [5, 5.41) is 9.76. The molecule has 4 nitrogen and oxygen atoms in total. The summed E-state index contributed by atoms with van der Waals surface area (Å²) in [7, 11) is 0. The van der Waals surface area contributed by atoms with Crippen LogP contribution in [0.25, 0.3) is 0 Å². The van der Waals surface area contributed by atoms with Gasteiger partial charge in [0.1, 0.15) is 13.1 Å². The van der Waals surface area contributed by atoms with Gasteiger partial charge in [-0.3, -0.25) is 9.48 Å². The lowest BCUT2D eigenvalue weighted by molar-refractivity contribution is -0.525. The SMILES string of the molecule is CCCCC(CC)CN1CC[N+](CC(CC)CCCC)=C1C(=O)O. The predicted octanol–water partition coefficient (Wildman–Crippen LogP) is 4.23. The molecule has 1 N–H and O–H groups in total. The summed E-state index contributed by atoms with van der Waals surface area (Å²) in [6, 6.07) is 0. The summed E-state index contributed by atoms with van der Waals surface area (Å²) < 4.78 is 2.14. The minimum Gasteiger partial charge on any atom is -0.472 e. The summed E-state index contributed by atoms with van der Waals surface area (Å²) in [6.45, 7) is 12.4. The summed E-state index contributed by atoms with van der Waals surface area (Å²) in [5.74, 6) is 1.03. The first-order valence-corrected chi connectivity index (χ1v) is 10.2. The van der Waals surface area contributed by atoms with E-state index in [1.807, 2.05) is 0 Å². The van der Waals surface area contributed by atoms with E-state index in [0.29, 0.717) is 17.7 Å². The standard InChI is InChI=1S/C20H38N2O2/c1-5-9-11-17(7-3)15-21-13-14-22(19(21)20(23)24)16-18(8-4)12-10-6-2/h17-18H,5-16H2,1-4H3/p+1. The van der Waals surface area contributed by atoms with Crippen molar-refractivity contribution in [3.05, 3.63) is 0 Å². The van der Waals surface area contributed by atoms with E-state index in [1.165, 1.54) is 38.5 Å². The molecule has 0 aliphatic carbocycles. The van der Waals surface area contributed by atoms with Gasteiger partial charge in [0.2, 0.25) is 0 Å². The van der Waals surface area contributed by atoms with E-state index in [2.05, 4.69) is 37.2 Å². The highest BCUT2D eigenvalue weighted by atomic mass is 16.4. The van der Waals surface area contributed by atoms with Crippen molar-refractivity contribution in [2.75, 3.05) is 26.2 Å². The van der Waals surface area contributed by atoms with Crippen LogP contribution in [-0.4, -0.2) is 52.6 Å². The Kier molecular flexibility index (Phi) is 10.0.